The normalized spacial score (nSPS) is 44.2. The van der Waals surface area contributed by atoms with Crippen LogP contribution in [-0.2, 0) is 19.1 Å². The average molecular weight is 527 g/mol. The molecule has 0 amide bonds. The average Bonchev–Trinajstić information content (AvgIpc) is 3.04. The van der Waals surface area contributed by atoms with Crippen LogP contribution in [0.2, 0.25) is 0 Å². The van der Waals surface area contributed by atoms with Crippen molar-refractivity contribution in [1.82, 2.24) is 0 Å². The van der Waals surface area contributed by atoms with E-state index in [4.69, 9.17) is 9.47 Å². The van der Waals surface area contributed by atoms with Crippen LogP contribution in [0.3, 0.4) is 0 Å². The number of fused-ring (bicyclic) bond motifs is 5. The summed E-state index contributed by atoms with van der Waals surface area (Å²) in [4.78, 5) is 24.0. The van der Waals surface area contributed by atoms with Gasteiger partial charge in [0.15, 0.2) is 0 Å². The Morgan fingerprint density at radius 2 is 1.97 bits per heavy atom. The molecule has 0 aromatic heterocycles. The van der Waals surface area contributed by atoms with E-state index in [-0.39, 0.29) is 52.8 Å². The van der Waals surface area contributed by atoms with Gasteiger partial charge in [-0.1, -0.05) is 47.8 Å². The number of unbranched alkanes of at least 4 members (excludes halogenated alkanes) is 1. The second-order valence-corrected chi connectivity index (χ2v) is 12.2. The molecule has 4 unspecified atom stereocenters. The predicted octanol–water partition coefficient (Wildman–Crippen LogP) is 4.30. The minimum absolute atomic E-state index is 0.0175. The summed E-state index contributed by atoms with van der Waals surface area (Å²) in [6.45, 7) is 5.75. The van der Waals surface area contributed by atoms with Crippen molar-refractivity contribution in [2.75, 3.05) is 6.61 Å². The minimum Gasteiger partial charge on any atom is -0.462 e. The molecule has 0 aromatic carbocycles. The first-order valence-corrected chi connectivity index (χ1v) is 13.6. The third-order valence-corrected chi connectivity index (χ3v) is 10.2. The predicted molar refractivity (Wildman–Crippen MR) is 128 cm³/mol. The first-order valence-electron chi connectivity index (χ1n) is 12.7. The molecule has 3 saturated carbocycles. The molecule has 4 aliphatic carbocycles. The quantitative estimate of drug-likeness (QED) is 0.304. The van der Waals surface area contributed by atoms with Crippen LogP contribution in [-0.4, -0.2) is 51.9 Å². The van der Waals surface area contributed by atoms with Gasteiger partial charge in [0.05, 0.1) is 17.5 Å². The number of rotatable bonds is 6. The molecule has 4 aliphatic rings. The standard InChI is InChI=1S/C26H39BrO6/c1-4-5-6-22(31)33-17-7-9-25(3)16(11-17)12-21(30)23-18(25)8-10-26(14-28)19(23)13-20(27)24(26)32-15(2)29/h12,17-21,23-24,28,30H,4-11,13-14H2,1-3H3/t17-,18?,19?,20+,21?,23?,24-,25-,26+/m0/s1. The van der Waals surface area contributed by atoms with Gasteiger partial charge >= 0.3 is 11.9 Å². The van der Waals surface area contributed by atoms with Crippen molar-refractivity contribution in [2.45, 2.75) is 102 Å². The molecule has 0 saturated heterocycles. The SMILES string of the molecule is CCCCC(=O)O[C@H]1CC[C@@]2(C)C(=CC(O)C3C4C[C@@H](Br)[C@H](OC(C)=O)[C@@]4(CO)CCC32)C1. The fourth-order valence-corrected chi connectivity index (χ4v) is 8.72. The third kappa shape index (κ3) is 4.31. The molecule has 3 fully saturated rings. The number of hydrogen-bond donors (Lipinski definition) is 2. The van der Waals surface area contributed by atoms with Gasteiger partial charge in [0, 0.05) is 25.2 Å². The van der Waals surface area contributed by atoms with Crippen molar-refractivity contribution in [3.63, 3.8) is 0 Å². The Bertz CT molecular complexity index is 798. The molecular formula is C26H39BrO6. The van der Waals surface area contributed by atoms with E-state index in [1.807, 2.05) is 6.08 Å². The monoisotopic (exact) mass is 526 g/mol. The highest BCUT2D eigenvalue weighted by molar-refractivity contribution is 9.09. The fraction of sp³-hybridized carbons (Fsp3) is 0.846. The summed E-state index contributed by atoms with van der Waals surface area (Å²) in [5, 5.41) is 21.9. The van der Waals surface area contributed by atoms with E-state index in [1.165, 1.54) is 12.5 Å². The molecule has 9 atom stereocenters. The van der Waals surface area contributed by atoms with Gasteiger partial charge in [-0.15, -0.1) is 0 Å². The van der Waals surface area contributed by atoms with Gasteiger partial charge in [0.25, 0.3) is 0 Å². The Kier molecular flexibility index (Phi) is 7.34. The highest BCUT2D eigenvalue weighted by Crippen LogP contribution is 2.66. The summed E-state index contributed by atoms with van der Waals surface area (Å²) in [7, 11) is 0. The van der Waals surface area contributed by atoms with Crippen molar-refractivity contribution in [3.8, 4) is 0 Å². The van der Waals surface area contributed by atoms with E-state index in [2.05, 4.69) is 29.8 Å². The maximum Gasteiger partial charge on any atom is 0.306 e. The molecule has 7 heteroatoms. The van der Waals surface area contributed by atoms with Crippen molar-refractivity contribution in [1.29, 1.82) is 0 Å². The number of hydrogen-bond acceptors (Lipinski definition) is 6. The smallest absolute Gasteiger partial charge is 0.306 e. The Hall–Kier alpha value is -0.920. The molecule has 6 nitrogen and oxygen atoms in total. The maximum atomic E-state index is 12.2. The Morgan fingerprint density at radius 1 is 1.21 bits per heavy atom. The van der Waals surface area contributed by atoms with Crippen LogP contribution in [0, 0.1) is 28.6 Å². The van der Waals surface area contributed by atoms with Gasteiger partial charge in [-0.25, -0.2) is 0 Å². The number of aliphatic hydroxyl groups excluding tert-OH is 2. The number of aliphatic hydroxyl groups is 2. The van der Waals surface area contributed by atoms with Gasteiger partial charge in [-0.2, -0.15) is 0 Å². The van der Waals surface area contributed by atoms with Crippen LogP contribution in [0.5, 0.6) is 0 Å². The van der Waals surface area contributed by atoms with E-state index >= 15 is 0 Å². The lowest BCUT2D eigenvalue weighted by Crippen LogP contribution is -2.57. The molecule has 2 N–H and O–H groups in total. The molecule has 0 radical (unpaired) electrons. The number of ether oxygens (including phenoxy) is 2. The second-order valence-electron chi connectivity index (χ2n) is 11.1. The van der Waals surface area contributed by atoms with Crippen LogP contribution in [0.15, 0.2) is 11.6 Å². The van der Waals surface area contributed by atoms with Gasteiger partial charge in [-0.05, 0) is 61.7 Å². The van der Waals surface area contributed by atoms with Crippen molar-refractivity contribution in [3.05, 3.63) is 11.6 Å². The lowest BCUT2D eigenvalue weighted by molar-refractivity contribution is -0.167. The molecule has 0 aliphatic heterocycles. The fourth-order valence-electron chi connectivity index (χ4n) is 7.68. The minimum atomic E-state index is -0.611. The molecule has 186 valence electrons. The van der Waals surface area contributed by atoms with Gasteiger partial charge in [0.2, 0.25) is 0 Å². The zero-order valence-corrected chi connectivity index (χ0v) is 21.7. The van der Waals surface area contributed by atoms with Crippen LogP contribution >= 0.6 is 15.9 Å². The van der Waals surface area contributed by atoms with Gasteiger partial charge in [0.1, 0.15) is 12.2 Å². The third-order valence-electron chi connectivity index (χ3n) is 9.33. The lowest BCUT2D eigenvalue weighted by Gasteiger charge is -2.59. The highest BCUT2D eigenvalue weighted by Gasteiger charge is 2.65. The Morgan fingerprint density at radius 3 is 2.64 bits per heavy atom. The second kappa shape index (κ2) is 9.62. The Balaban J connectivity index is 1.57. The van der Waals surface area contributed by atoms with E-state index in [9.17, 15) is 19.8 Å². The lowest BCUT2D eigenvalue weighted by atomic mass is 9.47. The topological polar surface area (TPSA) is 93.1 Å². The van der Waals surface area contributed by atoms with E-state index < -0.39 is 11.5 Å². The molecule has 0 spiro atoms. The van der Waals surface area contributed by atoms with Gasteiger partial charge in [-0.3, -0.25) is 9.59 Å². The number of esters is 2. The molecule has 33 heavy (non-hydrogen) atoms. The first-order chi connectivity index (χ1) is 15.7. The summed E-state index contributed by atoms with van der Waals surface area (Å²) in [5.41, 5.74) is 0.659. The van der Waals surface area contributed by atoms with E-state index in [1.54, 1.807) is 0 Å². The first kappa shape index (κ1) is 25.2. The molecule has 0 bridgehead atoms. The van der Waals surface area contributed by atoms with Crippen LogP contribution < -0.4 is 0 Å². The maximum absolute atomic E-state index is 12.2. The number of carbonyl (C=O) groups excluding carboxylic acids is 2. The van der Waals surface area contributed by atoms with E-state index in [0.717, 1.165) is 44.9 Å². The summed E-state index contributed by atoms with van der Waals surface area (Å²) in [6, 6.07) is 0. The Labute approximate surface area is 205 Å². The molecule has 0 heterocycles. The summed E-state index contributed by atoms with van der Waals surface area (Å²) < 4.78 is 11.5. The highest BCUT2D eigenvalue weighted by atomic mass is 79.9. The number of carbonyl (C=O) groups is 2. The zero-order valence-electron chi connectivity index (χ0n) is 20.1. The van der Waals surface area contributed by atoms with Gasteiger partial charge < -0.3 is 19.7 Å². The summed E-state index contributed by atoms with van der Waals surface area (Å²) in [5.74, 6) is -0.0560. The van der Waals surface area contributed by atoms with Crippen LogP contribution in [0.4, 0.5) is 0 Å². The summed E-state index contributed by atoms with van der Waals surface area (Å²) in [6.07, 6.45) is 8.12. The van der Waals surface area contributed by atoms with Crippen molar-refractivity contribution < 1.29 is 29.3 Å². The van der Waals surface area contributed by atoms with Crippen LogP contribution in [0.1, 0.15) is 78.6 Å². The van der Waals surface area contributed by atoms with E-state index in [0.29, 0.717) is 18.8 Å². The number of halogens is 1. The zero-order chi connectivity index (χ0) is 24.0. The van der Waals surface area contributed by atoms with Crippen molar-refractivity contribution >= 4 is 27.9 Å². The summed E-state index contributed by atoms with van der Waals surface area (Å²) >= 11 is 3.73. The number of alkyl halides is 1. The molecule has 4 rings (SSSR count). The van der Waals surface area contributed by atoms with Crippen molar-refractivity contribution in [2.24, 2.45) is 28.6 Å². The molecule has 0 aromatic rings. The molecular weight excluding hydrogens is 488 g/mol. The van der Waals surface area contributed by atoms with Crippen LogP contribution in [0.25, 0.3) is 0 Å². The largest absolute Gasteiger partial charge is 0.462 e.